The summed E-state index contributed by atoms with van der Waals surface area (Å²) < 4.78 is 3.82. The third kappa shape index (κ3) is 3.21. The van der Waals surface area contributed by atoms with Crippen LogP contribution in [0.3, 0.4) is 0 Å². The van der Waals surface area contributed by atoms with Crippen molar-refractivity contribution in [3.05, 3.63) is 36.5 Å². The molecule has 29 heavy (non-hydrogen) atoms. The third-order valence-electron chi connectivity index (χ3n) is 5.46. The number of nitrogens with one attached hydrogen (secondary N) is 1. The molecule has 9 nitrogen and oxygen atoms in total. The summed E-state index contributed by atoms with van der Waals surface area (Å²) in [6, 6.07) is 4.18. The number of imidazole rings is 1. The molecule has 0 amide bonds. The van der Waals surface area contributed by atoms with Crippen LogP contribution in [0.1, 0.15) is 25.0 Å². The van der Waals surface area contributed by atoms with Gasteiger partial charge in [0, 0.05) is 57.2 Å². The fourth-order valence-electron chi connectivity index (χ4n) is 3.87. The Morgan fingerprint density at radius 2 is 2.28 bits per heavy atom. The SMILES string of the molecule is CCN1CC(CC#N)(n2cc(-c3nc(C(C=N)C=NC)cc4nccn34)cn2)C1. The van der Waals surface area contributed by atoms with Crippen LogP contribution in [0.4, 0.5) is 0 Å². The minimum absolute atomic E-state index is 0.291. The molecular formula is C20H23N9. The number of aromatic nitrogens is 5. The number of likely N-dealkylation sites (tertiary alicyclic amines) is 1. The van der Waals surface area contributed by atoms with Gasteiger partial charge in [-0.25, -0.2) is 9.97 Å². The molecule has 0 spiro atoms. The summed E-state index contributed by atoms with van der Waals surface area (Å²) in [6.07, 6.45) is 10.8. The van der Waals surface area contributed by atoms with E-state index in [2.05, 4.69) is 33.0 Å². The van der Waals surface area contributed by atoms with E-state index >= 15 is 0 Å². The second-order valence-corrected chi connectivity index (χ2v) is 7.30. The van der Waals surface area contributed by atoms with Crippen LogP contribution in [0.15, 0.2) is 35.8 Å². The van der Waals surface area contributed by atoms with E-state index in [1.165, 1.54) is 6.21 Å². The van der Waals surface area contributed by atoms with E-state index in [0.717, 1.165) is 30.8 Å². The van der Waals surface area contributed by atoms with Gasteiger partial charge in [0.05, 0.1) is 35.9 Å². The second kappa shape index (κ2) is 7.56. The lowest BCUT2D eigenvalue weighted by atomic mass is 9.87. The second-order valence-electron chi connectivity index (χ2n) is 7.30. The van der Waals surface area contributed by atoms with Gasteiger partial charge >= 0.3 is 0 Å². The van der Waals surface area contributed by atoms with Crippen molar-refractivity contribution in [3.8, 4) is 17.5 Å². The van der Waals surface area contributed by atoms with Gasteiger partial charge < -0.3 is 5.41 Å². The molecule has 1 N–H and O–H groups in total. The van der Waals surface area contributed by atoms with Crippen molar-refractivity contribution in [2.45, 2.75) is 24.8 Å². The Bertz CT molecular complexity index is 1090. The quantitative estimate of drug-likeness (QED) is 0.621. The largest absolute Gasteiger partial charge is 0.312 e. The van der Waals surface area contributed by atoms with E-state index in [4.69, 9.17) is 10.4 Å². The van der Waals surface area contributed by atoms with E-state index < -0.39 is 0 Å². The summed E-state index contributed by atoms with van der Waals surface area (Å²) in [5.41, 5.74) is 2.02. The van der Waals surface area contributed by atoms with Gasteiger partial charge in [0.2, 0.25) is 0 Å². The first-order valence-electron chi connectivity index (χ1n) is 9.56. The third-order valence-corrected chi connectivity index (χ3v) is 5.46. The van der Waals surface area contributed by atoms with Crippen molar-refractivity contribution in [2.24, 2.45) is 4.99 Å². The topological polar surface area (TPSA) is 111 Å². The number of aliphatic imine (C=N–C) groups is 1. The zero-order chi connectivity index (χ0) is 20.4. The zero-order valence-electron chi connectivity index (χ0n) is 16.5. The van der Waals surface area contributed by atoms with Crippen molar-refractivity contribution in [2.75, 3.05) is 26.7 Å². The Kier molecular flexibility index (Phi) is 4.94. The molecule has 1 unspecified atom stereocenters. The minimum atomic E-state index is -0.315. The fourth-order valence-corrected chi connectivity index (χ4v) is 3.87. The average molecular weight is 389 g/mol. The van der Waals surface area contributed by atoms with Crippen LogP contribution >= 0.6 is 0 Å². The molecule has 3 aromatic heterocycles. The van der Waals surface area contributed by atoms with E-state index in [9.17, 15) is 5.26 Å². The molecule has 1 aliphatic rings. The van der Waals surface area contributed by atoms with Gasteiger partial charge in [0.1, 0.15) is 17.0 Å². The van der Waals surface area contributed by atoms with Gasteiger partial charge in [-0.05, 0) is 6.54 Å². The minimum Gasteiger partial charge on any atom is -0.312 e. The first-order valence-corrected chi connectivity index (χ1v) is 9.56. The van der Waals surface area contributed by atoms with Gasteiger partial charge in [-0.15, -0.1) is 0 Å². The van der Waals surface area contributed by atoms with Crippen molar-refractivity contribution in [1.29, 1.82) is 10.7 Å². The van der Waals surface area contributed by atoms with Crippen LogP contribution in [0.25, 0.3) is 17.0 Å². The van der Waals surface area contributed by atoms with Gasteiger partial charge in [-0.3, -0.25) is 19.0 Å². The molecule has 0 radical (unpaired) electrons. The molecule has 1 saturated heterocycles. The molecule has 0 saturated carbocycles. The smallest absolute Gasteiger partial charge is 0.149 e. The molecule has 1 fully saturated rings. The van der Waals surface area contributed by atoms with Crippen LogP contribution in [0.5, 0.6) is 0 Å². The van der Waals surface area contributed by atoms with Crippen molar-refractivity contribution in [3.63, 3.8) is 0 Å². The highest BCUT2D eigenvalue weighted by atomic mass is 15.4. The normalized spacial score (nSPS) is 17.3. The van der Waals surface area contributed by atoms with Crippen LogP contribution in [0.2, 0.25) is 0 Å². The Morgan fingerprint density at radius 3 is 2.97 bits per heavy atom. The Hall–Kier alpha value is -3.38. The van der Waals surface area contributed by atoms with Gasteiger partial charge in [-0.2, -0.15) is 10.4 Å². The summed E-state index contributed by atoms with van der Waals surface area (Å²) in [7, 11) is 1.68. The lowest BCUT2D eigenvalue weighted by molar-refractivity contribution is 0.00951. The number of nitriles is 1. The van der Waals surface area contributed by atoms with Gasteiger partial charge in [0.25, 0.3) is 0 Å². The highest BCUT2D eigenvalue weighted by molar-refractivity contribution is 5.88. The monoisotopic (exact) mass is 389 g/mol. The van der Waals surface area contributed by atoms with Crippen molar-refractivity contribution >= 4 is 18.1 Å². The Morgan fingerprint density at radius 1 is 1.45 bits per heavy atom. The molecule has 4 rings (SSSR count). The predicted octanol–water partition coefficient (Wildman–Crippen LogP) is 1.97. The molecule has 1 aliphatic heterocycles. The maximum absolute atomic E-state index is 9.33. The van der Waals surface area contributed by atoms with Gasteiger partial charge in [0.15, 0.2) is 0 Å². The number of hydrogen-bond acceptors (Lipinski definition) is 7. The zero-order valence-corrected chi connectivity index (χ0v) is 16.5. The summed E-state index contributed by atoms with van der Waals surface area (Å²) in [4.78, 5) is 15.5. The molecule has 0 bridgehead atoms. The summed E-state index contributed by atoms with van der Waals surface area (Å²) in [5, 5.41) is 21.6. The van der Waals surface area contributed by atoms with Crippen LogP contribution in [-0.4, -0.2) is 68.2 Å². The maximum atomic E-state index is 9.33. The first-order chi connectivity index (χ1) is 14.1. The highest BCUT2D eigenvalue weighted by Gasteiger charge is 2.44. The van der Waals surface area contributed by atoms with E-state index in [0.29, 0.717) is 17.9 Å². The highest BCUT2D eigenvalue weighted by Crippen LogP contribution is 2.33. The van der Waals surface area contributed by atoms with E-state index in [-0.39, 0.29) is 11.5 Å². The molecule has 4 heterocycles. The summed E-state index contributed by atoms with van der Waals surface area (Å²) in [6.45, 7) is 4.71. The average Bonchev–Trinajstić information content (AvgIpc) is 3.37. The molecule has 148 valence electrons. The molecule has 0 aromatic carbocycles. The van der Waals surface area contributed by atoms with Crippen LogP contribution in [0, 0.1) is 16.7 Å². The first kappa shape index (κ1) is 19.0. The summed E-state index contributed by atoms with van der Waals surface area (Å²) in [5.74, 6) is 0.390. The summed E-state index contributed by atoms with van der Waals surface area (Å²) >= 11 is 0. The number of nitrogens with zero attached hydrogens (tertiary/aromatic N) is 8. The fraction of sp³-hybridized carbons (Fsp3) is 0.400. The van der Waals surface area contributed by atoms with E-state index in [1.807, 2.05) is 27.5 Å². The predicted molar refractivity (Wildman–Crippen MR) is 110 cm³/mol. The Labute approximate surface area is 168 Å². The molecule has 1 atom stereocenters. The molecular weight excluding hydrogens is 366 g/mol. The standard InChI is InChI=1S/C20H23N9/c1-3-27-13-20(14-27,4-5-21)29-12-16(11-25-29)19-26-17(15(9-22)10-23-2)8-18-24-6-7-28(18)19/h6-12,15,22H,3-4,13-14H2,1-2H3. The van der Waals surface area contributed by atoms with Gasteiger partial charge in [-0.1, -0.05) is 6.92 Å². The van der Waals surface area contributed by atoms with Crippen LogP contribution in [-0.2, 0) is 5.54 Å². The molecule has 9 heteroatoms. The molecule has 0 aliphatic carbocycles. The lowest BCUT2D eigenvalue weighted by Crippen LogP contribution is -2.62. The number of rotatable bonds is 7. The van der Waals surface area contributed by atoms with Crippen molar-refractivity contribution < 1.29 is 0 Å². The van der Waals surface area contributed by atoms with E-state index in [1.54, 1.807) is 25.7 Å². The number of likely N-dealkylation sites (N-methyl/N-ethyl adjacent to an activating group) is 1. The lowest BCUT2D eigenvalue weighted by Gasteiger charge is -2.48. The Balaban J connectivity index is 1.77. The maximum Gasteiger partial charge on any atom is 0.149 e. The number of hydrogen-bond donors (Lipinski definition) is 1. The molecule has 3 aromatic rings. The van der Waals surface area contributed by atoms with Crippen LogP contribution < -0.4 is 0 Å². The number of fused-ring (bicyclic) bond motifs is 1. The van der Waals surface area contributed by atoms with Crippen molar-refractivity contribution in [1.82, 2.24) is 29.0 Å².